The lowest BCUT2D eigenvalue weighted by Gasteiger charge is -2.28. The van der Waals surface area contributed by atoms with Crippen LogP contribution < -0.4 is 5.32 Å². The molecule has 2 fully saturated rings. The number of likely N-dealkylation sites (tertiary alicyclic amines) is 1. The monoisotopic (exact) mass is 212 g/mol. The van der Waals surface area contributed by atoms with Crippen molar-refractivity contribution in [3.8, 4) is 0 Å². The summed E-state index contributed by atoms with van der Waals surface area (Å²) in [7, 11) is 2.00. The Morgan fingerprint density at radius 2 is 1.87 bits per heavy atom. The van der Waals surface area contributed by atoms with Crippen molar-refractivity contribution in [2.24, 2.45) is 0 Å². The van der Waals surface area contributed by atoms with Crippen LogP contribution in [0.25, 0.3) is 0 Å². The van der Waals surface area contributed by atoms with E-state index in [-0.39, 0.29) is 0 Å². The lowest BCUT2D eigenvalue weighted by Crippen LogP contribution is -2.37. The molecule has 0 amide bonds. The first-order chi connectivity index (χ1) is 7.38. The average Bonchev–Trinajstić information content (AvgIpc) is 2.68. The van der Waals surface area contributed by atoms with E-state index in [1.807, 2.05) is 7.05 Å². The molecule has 2 rings (SSSR count). The van der Waals surface area contributed by atoms with E-state index in [0.717, 1.165) is 6.54 Å². The summed E-state index contributed by atoms with van der Waals surface area (Å²) in [5.41, 5.74) is 0. The van der Waals surface area contributed by atoms with Crippen molar-refractivity contribution in [3.63, 3.8) is 0 Å². The molecule has 2 atom stereocenters. The predicted octanol–water partition coefficient (Wildman–Crippen LogP) is 1.24. The number of nitrogens with zero attached hydrogens (tertiary/aromatic N) is 1. The molecular formula is C12H24N2O. The van der Waals surface area contributed by atoms with Crippen LogP contribution in [-0.2, 0) is 4.74 Å². The third kappa shape index (κ3) is 3.44. The van der Waals surface area contributed by atoms with Gasteiger partial charge in [-0.1, -0.05) is 6.42 Å². The molecule has 0 aromatic heterocycles. The van der Waals surface area contributed by atoms with Crippen LogP contribution >= 0.6 is 0 Å². The molecule has 15 heavy (non-hydrogen) atoms. The maximum atomic E-state index is 6.00. The van der Waals surface area contributed by atoms with Crippen molar-refractivity contribution in [1.29, 1.82) is 0 Å². The van der Waals surface area contributed by atoms with Gasteiger partial charge in [0.25, 0.3) is 0 Å². The van der Waals surface area contributed by atoms with Gasteiger partial charge in [0, 0.05) is 13.1 Å². The fourth-order valence-corrected chi connectivity index (χ4v) is 2.72. The standard InChI is InChI=1S/C12H24N2O/c1-13-9-11-5-6-12(15-11)10-14-7-3-2-4-8-14/h11-13H,2-10H2,1H3. The Morgan fingerprint density at radius 1 is 1.13 bits per heavy atom. The molecule has 0 aromatic rings. The molecule has 2 aliphatic heterocycles. The van der Waals surface area contributed by atoms with Gasteiger partial charge in [0.05, 0.1) is 12.2 Å². The van der Waals surface area contributed by atoms with Gasteiger partial charge in [0.15, 0.2) is 0 Å². The van der Waals surface area contributed by atoms with Crippen molar-refractivity contribution in [2.45, 2.75) is 44.3 Å². The van der Waals surface area contributed by atoms with E-state index in [4.69, 9.17) is 4.74 Å². The fraction of sp³-hybridized carbons (Fsp3) is 1.00. The molecule has 3 heteroatoms. The van der Waals surface area contributed by atoms with Crippen LogP contribution in [-0.4, -0.2) is 50.3 Å². The smallest absolute Gasteiger partial charge is 0.0707 e. The van der Waals surface area contributed by atoms with Crippen LogP contribution in [0.4, 0.5) is 0 Å². The van der Waals surface area contributed by atoms with Gasteiger partial charge in [-0.25, -0.2) is 0 Å². The predicted molar refractivity (Wildman–Crippen MR) is 62.1 cm³/mol. The minimum Gasteiger partial charge on any atom is -0.372 e. The van der Waals surface area contributed by atoms with Gasteiger partial charge in [-0.15, -0.1) is 0 Å². The van der Waals surface area contributed by atoms with Gasteiger partial charge in [0.2, 0.25) is 0 Å². The molecule has 0 bridgehead atoms. The van der Waals surface area contributed by atoms with Crippen molar-refractivity contribution in [2.75, 3.05) is 33.2 Å². The number of rotatable bonds is 4. The van der Waals surface area contributed by atoms with E-state index in [9.17, 15) is 0 Å². The second-order valence-electron chi connectivity index (χ2n) is 4.88. The fourth-order valence-electron chi connectivity index (χ4n) is 2.72. The Hall–Kier alpha value is -0.120. The molecule has 2 aliphatic rings. The lowest BCUT2D eigenvalue weighted by molar-refractivity contribution is 0.0207. The molecule has 0 aromatic carbocycles. The molecular weight excluding hydrogens is 188 g/mol. The summed E-state index contributed by atoms with van der Waals surface area (Å²) in [6.45, 7) is 4.75. The minimum absolute atomic E-state index is 0.463. The van der Waals surface area contributed by atoms with E-state index < -0.39 is 0 Å². The Labute approximate surface area is 93.2 Å². The normalized spacial score (nSPS) is 33.4. The van der Waals surface area contributed by atoms with Crippen molar-refractivity contribution in [1.82, 2.24) is 10.2 Å². The molecule has 88 valence electrons. The van der Waals surface area contributed by atoms with Gasteiger partial charge in [-0.3, -0.25) is 0 Å². The summed E-state index contributed by atoms with van der Waals surface area (Å²) in [5.74, 6) is 0. The molecule has 0 saturated carbocycles. The van der Waals surface area contributed by atoms with Gasteiger partial charge in [-0.2, -0.15) is 0 Å². The lowest BCUT2D eigenvalue weighted by atomic mass is 10.1. The number of hydrogen-bond donors (Lipinski definition) is 1. The highest BCUT2D eigenvalue weighted by atomic mass is 16.5. The first kappa shape index (κ1) is 11.4. The molecule has 2 saturated heterocycles. The summed E-state index contributed by atoms with van der Waals surface area (Å²) in [5, 5.41) is 3.20. The number of likely N-dealkylation sites (N-methyl/N-ethyl adjacent to an activating group) is 1. The van der Waals surface area contributed by atoms with E-state index in [1.165, 1.54) is 51.7 Å². The van der Waals surface area contributed by atoms with Gasteiger partial charge < -0.3 is 15.0 Å². The molecule has 0 aliphatic carbocycles. The van der Waals surface area contributed by atoms with Crippen molar-refractivity contribution in [3.05, 3.63) is 0 Å². The Morgan fingerprint density at radius 3 is 2.60 bits per heavy atom. The largest absolute Gasteiger partial charge is 0.372 e. The van der Waals surface area contributed by atoms with E-state index >= 15 is 0 Å². The number of hydrogen-bond acceptors (Lipinski definition) is 3. The van der Waals surface area contributed by atoms with E-state index in [2.05, 4.69) is 10.2 Å². The summed E-state index contributed by atoms with van der Waals surface area (Å²) in [4.78, 5) is 2.58. The van der Waals surface area contributed by atoms with Crippen molar-refractivity contribution >= 4 is 0 Å². The minimum atomic E-state index is 0.463. The number of nitrogens with one attached hydrogen (secondary N) is 1. The molecule has 2 heterocycles. The molecule has 3 nitrogen and oxygen atoms in total. The SMILES string of the molecule is CNCC1CCC(CN2CCCCC2)O1. The molecule has 2 unspecified atom stereocenters. The third-order valence-electron chi connectivity index (χ3n) is 3.54. The zero-order valence-electron chi connectivity index (χ0n) is 9.87. The molecule has 0 spiro atoms. The Bertz CT molecular complexity index is 180. The van der Waals surface area contributed by atoms with E-state index in [0.29, 0.717) is 12.2 Å². The number of ether oxygens (including phenoxy) is 1. The highest BCUT2D eigenvalue weighted by molar-refractivity contribution is 4.78. The highest BCUT2D eigenvalue weighted by Crippen LogP contribution is 2.21. The highest BCUT2D eigenvalue weighted by Gasteiger charge is 2.26. The topological polar surface area (TPSA) is 24.5 Å². The van der Waals surface area contributed by atoms with Crippen LogP contribution in [0.5, 0.6) is 0 Å². The van der Waals surface area contributed by atoms with Crippen LogP contribution in [0.1, 0.15) is 32.1 Å². The summed E-state index contributed by atoms with van der Waals surface area (Å²) >= 11 is 0. The first-order valence-corrected chi connectivity index (χ1v) is 6.41. The van der Waals surface area contributed by atoms with Gasteiger partial charge >= 0.3 is 0 Å². The zero-order chi connectivity index (χ0) is 10.5. The summed E-state index contributed by atoms with van der Waals surface area (Å²) in [6.07, 6.45) is 7.64. The Balaban J connectivity index is 1.67. The van der Waals surface area contributed by atoms with Crippen LogP contribution in [0.15, 0.2) is 0 Å². The second-order valence-corrected chi connectivity index (χ2v) is 4.88. The van der Waals surface area contributed by atoms with Crippen LogP contribution in [0, 0.1) is 0 Å². The molecule has 1 N–H and O–H groups in total. The van der Waals surface area contributed by atoms with E-state index in [1.54, 1.807) is 0 Å². The number of piperidine rings is 1. The Kier molecular flexibility index (Phi) is 4.42. The maximum Gasteiger partial charge on any atom is 0.0707 e. The van der Waals surface area contributed by atoms with Crippen LogP contribution in [0.2, 0.25) is 0 Å². The zero-order valence-corrected chi connectivity index (χ0v) is 9.87. The van der Waals surface area contributed by atoms with Gasteiger partial charge in [-0.05, 0) is 45.8 Å². The van der Waals surface area contributed by atoms with Crippen molar-refractivity contribution < 1.29 is 4.74 Å². The maximum absolute atomic E-state index is 6.00. The molecule has 0 radical (unpaired) electrons. The average molecular weight is 212 g/mol. The quantitative estimate of drug-likeness (QED) is 0.759. The van der Waals surface area contributed by atoms with Gasteiger partial charge in [0.1, 0.15) is 0 Å². The van der Waals surface area contributed by atoms with Crippen LogP contribution in [0.3, 0.4) is 0 Å². The third-order valence-corrected chi connectivity index (χ3v) is 3.54. The second kappa shape index (κ2) is 5.83. The summed E-state index contributed by atoms with van der Waals surface area (Å²) in [6, 6.07) is 0. The summed E-state index contributed by atoms with van der Waals surface area (Å²) < 4.78 is 6.00. The first-order valence-electron chi connectivity index (χ1n) is 6.41.